The van der Waals surface area contributed by atoms with Crippen LogP contribution in [0.2, 0.25) is 0 Å². The zero-order chi connectivity index (χ0) is 20.5. The summed E-state index contributed by atoms with van der Waals surface area (Å²) < 4.78 is 6.15. The maximum atomic E-state index is 9.74. The molecule has 0 amide bonds. The molecule has 0 spiro atoms. The minimum atomic E-state index is 0.232. The fourth-order valence-corrected chi connectivity index (χ4v) is 3.52. The van der Waals surface area contributed by atoms with Crippen LogP contribution in [0, 0.1) is 6.92 Å². The Morgan fingerprint density at radius 1 is 1.00 bits per heavy atom. The van der Waals surface area contributed by atoms with Crippen molar-refractivity contribution >= 4 is 17.8 Å². The van der Waals surface area contributed by atoms with Crippen molar-refractivity contribution in [1.82, 2.24) is 9.97 Å². The van der Waals surface area contributed by atoms with Gasteiger partial charge in [0.05, 0.1) is 21.8 Å². The zero-order valence-corrected chi connectivity index (χ0v) is 16.5. The number of aromatic hydroxyl groups is 1. The number of aromatic nitrogens is 2. The van der Waals surface area contributed by atoms with E-state index in [1.165, 1.54) is 0 Å². The molecule has 0 saturated carbocycles. The Balaban J connectivity index is 1.60. The Morgan fingerprint density at radius 3 is 2.67 bits per heavy atom. The molecule has 1 aliphatic rings. The monoisotopic (exact) mass is 395 g/mol. The van der Waals surface area contributed by atoms with Crippen molar-refractivity contribution in [1.29, 1.82) is 0 Å². The van der Waals surface area contributed by atoms with Crippen molar-refractivity contribution in [3.8, 4) is 11.5 Å². The lowest BCUT2D eigenvalue weighted by atomic mass is 10.2. The number of phenolic OH excluding ortho intramolecular Hbond substituents is 1. The summed E-state index contributed by atoms with van der Waals surface area (Å²) in [5, 5.41) is 13.2. The summed E-state index contributed by atoms with van der Waals surface area (Å²) in [7, 11) is 0. The number of hydrogen-bond acceptors (Lipinski definition) is 3. The highest BCUT2D eigenvalue weighted by molar-refractivity contribution is 5.77. The van der Waals surface area contributed by atoms with Gasteiger partial charge in [-0.05, 0) is 55.0 Å². The quantitative estimate of drug-likeness (QED) is 0.494. The van der Waals surface area contributed by atoms with E-state index in [1.54, 1.807) is 12.1 Å². The van der Waals surface area contributed by atoms with Gasteiger partial charge in [0.1, 0.15) is 18.1 Å². The zero-order valence-electron chi connectivity index (χ0n) is 16.5. The van der Waals surface area contributed by atoms with Crippen LogP contribution in [0.5, 0.6) is 11.5 Å². The second-order valence-corrected chi connectivity index (χ2v) is 7.36. The van der Waals surface area contributed by atoms with Gasteiger partial charge in [-0.15, -0.1) is 0 Å². The molecule has 2 aromatic carbocycles. The van der Waals surface area contributed by atoms with Crippen LogP contribution in [0.15, 0.2) is 71.7 Å². The molecule has 5 rings (SSSR count). The van der Waals surface area contributed by atoms with E-state index in [9.17, 15) is 5.11 Å². The fraction of sp³-hybridized carbons (Fsp3) is 0.0800. The molecule has 0 aliphatic carbocycles. The smallest absolute Gasteiger partial charge is 0.145 e. The number of aryl methyl sites for hydroxylation is 1. The van der Waals surface area contributed by atoms with Gasteiger partial charge in [0.2, 0.25) is 0 Å². The van der Waals surface area contributed by atoms with E-state index in [1.807, 2.05) is 73.7 Å². The summed E-state index contributed by atoms with van der Waals surface area (Å²) in [6.07, 6.45) is 4.00. The van der Waals surface area contributed by atoms with Crippen LogP contribution in [0.3, 0.4) is 0 Å². The highest BCUT2D eigenvalue weighted by Crippen LogP contribution is 2.09. The van der Waals surface area contributed by atoms with Crippen molar-refractivity contribution in [3.05, 3.63) is 105 Å². The van der Waals surface area contributed by atoms with Gasteiger partial charge in [-0.2, -0.15) is 0 Å². The molecule has 0 unspecified atom stereocenters. The molecule has 5 heteroatoms. The first-order chi connectivity index (χ1) is 14.6. The largest absolute Gasteiger partial charge is 0.508 e. The molecular weight excluding hydrogens is 374 g/mol. The summed E-state index contributed by atoms with van der Waals surface area (Å²) >= 11 is 0. The molecule has 2 aromatic heterocycles. The normalized spacial score (nSPS) is 14.9. The first-order valence-electron chi connectivity index (χ1n) is 9.81. The average molecular weight is 395 g/mol. The molecule has 0 saturated heterocycles. The van der Waals surface area contributed by atoms with Crippen molar-refractivity contribution in [2.45, 2.75) is 13.5 Å². The van der Waals surface area contributed by atoms with Crippen LogP contribution < -0.4 is 26.0 Å². The first kappa shape index (κ1) is 18.1. The van der Waals surface area contributed by atoms with Gasteiger partial charge in [-0.1, -0.05) is 30.3 Å². The maximum absolute atomic E-state index is 9.74. The highest BCUT2D eigenvalue weighted by atomic mass is 16.5. The standard InChI is InChI=1S/C25H21N3O2/c1-16-7-8-19(26-16)13-24-25(30-15-17-5-3-2-4-6-17)14-23(28-24)22-12-18-11-20(29)9-10-21(18)27-22/h2-14,26,28-29H,15H2,1H3. The SMILES string of the molecule is Cc1ccc(C=c2[nH]c(=C3C=c4cc(O)ccc4=N3)cc2OCc2ccccc2)[nH]1. The first-order valence-corrected chi connectivity index (χ1v) is 9.81. The second-order valence-electron chi connectivity index (χ2n) is 7.36. The Morgan fingerprint density at radius 2 is 1.87 bits per heavy atom. The minimum Gasteiger partial charge on any atom is -0.508 e. The van der Waals surface area contributed by atoms with Gasteiger partial charge in [-0.25, -0.2) is 4.99 Å². The molecule has 4 aromatic rings. The Bertz CT molecular complexity index is 1460. The summed E-state index contributed by atoms with van der Waals surface area (Å²) in [5.74, 6) is 0.993. The van der Waals surface area contributed by atoms with Crippen molar-refractivity contribution in [2.24, 2.45) is 4.99 Å². The number of phenols is 1. The number of benzene rings is 2. The van der Waals surface area contributed by atoms with E-state index < -0.39 is 0 Å². The lowest BCUT2D eigenvalue weighted by Crippen LogP contribution is -2.19. The lowest BCUT2D eigenvalue weighted by molar-refractivity contribution is 0.304. The Kier molecular flexibility index (Phi) is 4.48. The summed E-state index contributed by atoms with van der Waals surface area (Å²) in [4.78, 5) is 11.5. The molecule has 3 N–H and O–H groups in total. The van der Waals surface area contributed by atoms with Crippen LogP contribution in [0.4, 0.5) is 0 Å². The average Bonchev–Trinajstić information content (AvgIpc) is 3.45. The molecule has 0 atom stereocenters. The fourth-order valence-electron chi connectivity index (χ4n) is 3.52. The molecule has 3 heterocycles. The number of fused-ring (bicyclic) bond motifs is 1. The lowest BCUT2D eigenvalue weighted by Gasteiger charge is -2.03. The van der Waals surface area contributed by atoms with E-state index in [-0.39, 0.29) is 5.75 Å². The van der Waals surface area contributed by atoms with Gasteiger partial charge in [0.15, 0.2) is 0 Å². The van der Waals surface area contributed by atoms with Gasteiger partial charge in [0.25, 0.3) is 0 Å². The van der Waals surface area contributed by atoms with Gasteiger partial charge in [-0.3, -0.25) is 0 Å². The number of aromatic amines is 2. The third-order valence-corrected chi connectivity index (χ3v) is 5.02. The molecule has 148 valence electrons. The van der Waals surface area contributed by atoms with Crippen LogP contribution in [0.25, 0.3) is 17.8 Å². The summed E-state index contributed by atoms with van der Waals surface area (Å²) in [5.41, 5.74) is 4.01. The number of ether oxygens (including phenoxy) is 1. The molecule has 30 heavy (non-hydrogen) atoms. The van der Waals surface area contributed by atoms with Crippen LogP contribution >= 0.6 is 0 Å². The molecule has 1 aliphatic heterocycles. The van der Waals surface area contributed by atoms with Crippen LogP contribution in [-0.4, -0.2) is 15.1 Å². The molecule has 5 nitrogen and oxygen atoms in total. The molecular formula is C25H21N3O2. The van der Waals surface area contributed by atoms with E-state index >= 15 is 0 Å². The van der Waals surface area contributed by atoms with E-state index in [0.29, 0.717) is 6.61 Å². The predicted molar refractivity (Wildman–Crippen MR) is 117 cm³/mol. The topological polar surface area (TPSA) is 73.4 Å². The number of nitrogens with zero attached hydrogens (tertiary/aromatic N) is 1. The predicted octanol–water partition coefficient (Wildman–Crippen LogP) is 1.99. The number of rotatable bonds is 4. The molecule has 0 fully saturated rings. The third-order valence-electron chi connectivity index (χ3n) is 5.02. The molecule has 0 radical (unpaired) electrons. The highest BCUT2D eigenvalue weighted by Gasteiger charge is 2.08. The van der Waals surface area contributed by atoms with E-state index in [2.05, 4.69) is 15.0 Å². The number of H-pyrrole nitrogens is 2. The van der Waals surface area contributed by atoms with E-state index in [0.717, 1.165) is 49.7 Å². The van der Waals surface area contributed by atoms with Crippen molar-refractivity contribution in [3.63, 3.8) is 0 Å². The van der Waals surface area contributed by atoms with Crippen LogP contribution in [0.1, 0.15) is 17.0 Å². The number of nitrogens with one attached hydrogen (secondary N) is 2. The second kappa shape index (κ2) is 7.44. The van der Waals surface area contributed by atoms with Crippen LogP contribution in [-0.2, 0) is 6.61 Å². The van der Waals surface area contributed by atoms with Gasteiger partial charge < -0.3 is 19.8 Å². The summed E-state index contributed by atoms with van der Waals surface area (Å²) in [6.45, 7) is 2.51. The Labute approximate surface area is 173 Å². The number of hydrogen-bond donors (Lipinski definition) is 3. The van der Waals surface area contributed by atoms with E-state index in [4.69, 9.17) is 4.74 Å². The van der Waals surface area contributed by atoms with Crippen molar-refractivity contribution < 1.29 is 9.84 Å². The Hall–Kier alpha value is -3.99. The van der Waals surface area contributed by atoms with Gasteiger partial charge in [0, 0.05) is 22.7 Å². The maximum Gasteiger partial charge on any atom is 0.145 e. The third kappa shape index (κ3) is 3.65. The molecule has 0 bridgehead atoms. The van der Waals surface area contributed by atoms with Crippen molar-refractivity contribution in [2.75, 3.05) is 0 Å². The minimum absolute atomic E-state index is 0.232. The summed E-state index contributed by atoms with van der Waals surface area (Å²) in [6, 6.07) is 21.3. The van der Waals surface area contributed by atoms with Gasteiger partial charge >= 0.3 is 0 Å².